The van der Waals surface area contributed by atoms with Gasteiger partial charge in [-0.3, -0.25) is 9.59 Å². The zero-order valence-corrected chi connectivity index (χ0v) is 28.4. The number of hydrogen-bond acceptors (Lipinski definition) is 11. The number of phenols is 1. The number of aliphatic imine (C=N–C) groups is 1. The Morgan fingerprint density at radius 3 is 2.31 bits per heavy atom. The molecule has 1 aliphatic heterocycles. The van der Waals surface area contributed by atoms with Crippen LogP contribution in [0.5, 0.6) is 5.75 Å². The van der Waals surface area contributed by atoms with Crippen LogP contribution in [0.25, 0.3) is 0 Å². The number of rotatable bonds is 13. The molecule has 1 saturated heterocycles. The van der Waals surface area contributed by atoms with Gasteiger partial charge in [-0.1, -0.05) is 38.1 Å². The van der Waals surface area contributed by atoms with Crippen LogP contribution >= 0.6 is 0 Å². The topological polar surface area (TPSA) is 204 Å². The maximum absolute atomic E-state index is 14.0. The average Bonchev–Trinajstić information content (AvgIpc) is 3.02. The number of nitrogens with zero attached hydrogens (tertiary/aromatic N) is 3. The van der Waals surface area contributed by atoms with Crippen molar-refractivity contribution in [1.82, 2.24) is 9.21 Å². The summed E-state index contributed by atoms with van der Waals surface area (Å²) in [6.45, 7) is 7.67. The van der Waals surface area contributed by atoms with E-state index in [0.717, 1.165) is 34.5 Å². The summed E-state index contributed by atoms with van der Waals surface area (Å²) in [5.41, 5.74) is 6.25. The Kier molecular flexibility index (Phi) is 13.1. The first-order valence-electron chi connectivity index (χ1n) is 15.2. The Morgan fingerprint density at radius 1 is 1.06 bits per heavy atom. The van der Waals surface area contributed by atoms with Gasteiger partial charge < -0.3 is 34.7 Å². The predicted molar refractivity (Wildman–Crippen MR) is 173 cm³/mol. The number of amidine groups is 1. The molecule has 0 saturated carbocycles. The van der Waals surface area contributed by atoms with Gasteiger partial charge >= 0.3 is 18.0 Å². The number of phenolic OH excluding ortho intramolecular Hbond substituents is 1. The molecule has 3 N–H and O–H groups in total. The highest BCUT2D eigenvalue weighted by Gasteiger charge is 2.34. The zero-order valence-electron chi connectivity index (χ0n) is 27.6. The zero-order chi connectivity index (χ0) is 35.6. The number of carbonyl (C=O) groups is 4. The number of morpholine rings is 1. The molecule has 48 heavy (non-hydrogen) atoms. The van der Waals surface area contributed by atoms with E-state index in [1.54, 1.807) is 0 Å². The second-order valence-electron chi connectivity index (χ2n) is 11.7. The van der Waals surface area contributed by atoms with Crippen molar-refractivity contribution in [3.63, 3.8) is 0 Å². The fourth-order valence-corrected chi connectivity index (χ4v) is 6.09. The molecule has 0 bridgehead atoms. The third-order valence-electron chi connectivity index (χ3n) is 7.32. The van der Waals surface area contributed by atoms with E-state index in [4.69, 9.17) is 24.7 Å². The van der Waals surface area contributed by atoms with Crippen molar-refractivity contribution in [2.75, 3.05) is 46.2 Å². The van der Waals surface area contributed by atoms with Crippen molar-refractivity contribution in [3.8, 4) is 5.75 Å². The maximum atomic E-state index is 14.0. The molecule has 0 aliphatic carbocycles. The molecule has 3 rings (SSSR count). The first-order chi connectivity index (χ1) is 22.5. The minimum Gasteiger partial charge on any atom is -0.507 e. The van der Waals surface area contributed by atoms with E-state index >= 15 is 0 Å². The van der Waals surface area contributed by atoms with Gasteiger partial charge in [0.25, 0.3) is 0 Å². The Morgan fingerprint density at radius 2 is 1.71 bits per heavy atom. The molecule has 0 atom stereocenters. The number of benzene rings is 2. The second kappa shape index (κ2) is 16.5. The molecule has 262 valence electrons. The molecule has 1 aliphatic rings. The summed E-state index contributed by atoms with van der Waals surface area (Å²) in [6.07, 6.45) is -0.990. The van der Waals surface area contributed by atoms with Crippen LogP contribution in [0.3, 0.4) is 0 Å². The highest BCUT2D eigenvalue weighted by Crippen LogP contribution is 2.28. The second-order valence-corrected chi connectivity index (χ2v) is 13.6. The molecule has 0 aromatic heterocycles. The Bertz CT molecular complexity index is 1620. The molecule has 0 radical (unpaired) electrons. The summed E-state index contributed by atoms with van der Waals surface area (Å²) < 4.78 is 48.7. The van der Waals surface area contributed by atoms with Crippen molar-refractivity contribution < 1.29 is 51.6 Å². The lowest BCUT2D eigenvalue weighted by Crippen LogP contribution is -2.47. The highest BCUT2D eigenvalue weighted by molar-refractivity contribution is 7.89. The molecule has 1 heterocycles. The smallest absolute Gasteiger partial charge is 0.438 e. The van der Waals surface area contributed by atoms with Gasteiger partial charge in [0.15, 0.2) is 0 Å². The largest absolute Gasteiger partial charge is 0.507 e. The quantitative estimate of drug-likeness (QED) is 0.135. The minimum atomic E-state index is -4.50. The SMILES string of the molecule is CC(=O)OC(C)(C)C(=O)OCOC(=O)/N=C(/N)c1ccc(O)c(S(=O)(=O)N(CCc2ccc(C(C)C)cc2)CC(=O)N2CCOCC2)c1. The number of amides is 2. The fraction of sp³-hybridized carbons (Fsp3) is 0.469. The number of sulfonamides is 1. The van der Waals surface area contributed by atoms with E-state index in [1.165, 1.54) is 24.8 Å². The number of nitrogens with two attached hydrogens (primary N) is 1. The van der Waals surface area contributed by atoms with Crippen molar-refractivity contribution in [2.45, 2.75) is 57.5 Å². The molecule has 2 amide bonds. The molecule has 0 spiro atoms. The Labute approximate surface area is 279 Å². The summed E-state index contributed by atoms with van der Waals surface area (Å²) in [5, 5.41) is 10.7. The van der Waals surface area contributed by atoms with Gasteiger partial charge in [-0.25, -0.2) is 18.0 Å². The van der Waals surface area contributed by atoms with Gasteiger partial charge in [-0.2, -0.15) is 9.30 Å². The summed E-state index contributed by atoms with van der Waals surface area (Å²) >= 11 is 0. The Hall–Kier alpha value is -4.54. The van der Waals surface area contributed by atoms with E-state index in [-0.39, 0.29) is 18.5 Å². The van der Waals surface area contributed by atoms with Crippen LogP contribution in [0.1, 0.15) is 57.2 Å². The lowest BCUT2D eigenvalue weighted by atomic mass is 10.0. The van der Waals surface area contributed by atoms with Crippen LogP contribution in [0.4, 0.5) is 4.79 Å². The van der Waals surface area contributed by atoms with E-state index in [0.29, 0.717) is 32.2 Å². The third kappa shape index (κ3) is 10.5. The Balaban J connectivity index is 1.80. The van der Waals surface area contributed by atoms with Gasteiger partial charge in [0.05, 0.1) is 19.8 Å². The van der Waals surface area contributed by atoms with Crippen LogP contribution < -0.4 is 5.73 Å². The summed E-state index contributed by atoms with van der Waals surface area (Å²) in [6, 6.07) is 11.1. The molecular weight excluding hydrogens is 648 g/mol. The average molecular weight is 691 g/mol. The van der Waals surface area contributed by atoms with E-state index < -0.39 is 69.4 Å². The van der Waals surface area contributed by atoms with Gasteiger partial charge in [0.2, 0.25) is 28.3 Å². The first-order valence-corrected chi connectivity index (χ1v) is 16.6. The lowest BCUT2D eigenvalue weighted by molar-refractivity contribution is -0.182. The molecular formula is C32H42N4O11S. The molecule has 2 aromatic carbocycles. The normalized spacial score (nSPS) is 14.1. The number of ether oxygens (including phenoxy) is 4. The minimum absolute atomic E-state index is 0.0555. The lowest BCUT2D eigenvalue weighted by Gasteiger charge is -2.30. The summed E-state index contributed by atoms with van der Waals surface area (Å²) in [4.78, 5) is 53.2. The highest BCUT2D eigenvalue weighted by atomic mass is 32.2. The van der Waals surface area contributed by atoms with Gasteiger partial charge in [0.1, 0.15) is 16.5 Å². The molecule has 16 heteroatoms. The third-order valence-corrected chi connectivity index (χ3v) is 9.19. The first kappa shape index (κ1) is 37.9. The molecule has 2 aromatic rings. The van der Waals surface area contributed by atoms with Gasteiger partial charge in [-0.15, -0.1) is 0 Å². The van der Waals surface area contributed by atoms with Gasteiger partial charge in [0, 0.05) is 32.1 Å². The van der Waals surface area contributed by atoms with Gasteiger partial charge in [-0.05, 0) is 55.5 Å². The number of esters is 2. The van der Waals surface area contributed by atoms with Crippen molar-refractivity contribution in [2.24, 2.45) is 10.7 Å². The number of hydrogen-bond donors (Lipinski definition) is 2. The van der Waals surface area contributed by atoms with E-state index in [1.807, 2.05) is 24.3 Å². The van der Waals surface area contributed by atoms with Crippen LogP contribution in [0, 0.1) is 0 Å². The number of aromatic hydroxyl groups is 1. The summed E-state index contributed by atoms with van der Waals surface area (Å²) in [5.74, 6) is -2.89. The molecule has 1 fully saturated rings. The fourth-order valence-electron chi connectivity index (χ4n) is 4.59. The molecule has 0 unspecified atom stereocenters. The van der Waals surface area contributed by atoms with Crippen LogP contribution in [0.2, 0.25) is 0 Å². The van der Waals surface area contributed by atoms with Crippen LogP contribution in [-0.4, -0.2) is 104 Å². The summed E-state index contributed by atoms with van der Waals surface area (Å²) in [7, 11) is -4.50. The maximum Gasteiger partial charge on any atom is 0.438 e. The van der Waals surface area contributed by atoms with Crippen molar-refractivity contribution in [3.05, 3.63) is 59.2 Å². The van der Waals surface area contributed by atoms with Crippen LogP contribution in [0.15, 0.2) is 52.4 Å². The standard InChI is InChI=1S/C32H42N4O11S/c1-21(2)24-8-6-23(7-9-24)12-13-36(19-28(39)35-14-16-44-17-15-35)48(42,43)27-18-25(10-11-26(27)38)29(33)34-31(41)46-20-45-30(40)32(4,5)47-22(3)37/h6-11,18,21,38H,12-17,19-20H2,1-5H3,(H2,33,34,41). The van der Waals surface area contributed by atoms with E-state index in [2.05, 4.69) is 18.8 Å². The number of carbonyl (C=O) groups excluding carboxylic acids is 4. The molecule has 15 nitrogen and oxygen atoms in total. The van der Waals surface area contributed by atoms with E-state index in [9.17, 15) is 32.7 Å². The van der Waals surface area contributed by atoms with Crippen LogP contribution in [-0.2, 0) is 49.8 Å². The predicted octanol–water partition coefficient (Wildman–Crippen LogP) is 2.29. The van der Waals surface area contributed by atoms with Crippen molar-refractivity contribution >= 4 is 39.8 Å². The monoisotopic (exact) mass is 690 g/mol. The van der Waals surface area contributed by atoms with Crippen molar-refractivity contribution in [1.29, 1.82) is 0 Å².